The van der Waals surface area contributed by atoms with E-state index in [-0.39, 0.29) is 12.1 Å². The van der Waals surface area contributed by atoms with Gasteiger partial charge in [-0.15, -0.1) is 0 Å². The Hall–Kier alpha value is -1.62. The third kappa shape index (κ3) is 2.49. The SMILES string of the molecule is NC(=O)c1ccc(N[C@@H]2CC[C@@H](O)C2)nc1. The predicted octanol–water partition coefficient (Wildman–Crippen LogP) is 0.506. The number of primary amides is 1. The molecule has 5 heteroatoms. The lowest BCUT2D eigenvalue weighted by molar-refractivity contribution is 0.1000. The van der Waals surface area contributed by atoms with Crippen LogP contribution in [0.3, 0.4) is 0 Å². The molecule has 0 spiro atoms. The van der Waals surface area contributed by atoms with Crippen LogP contribution < -0.4 is 11.1 Å². The Morgan fingerprint density at radius 1 is 1.50 bits per heavy atom. The van der Waals surface area contributed by atoms with Crippen LogP contribution in [0.25, 0.3) is 0 Å². The number of nitrogens with one attached hydrogen (secondary N) is 1. The summed E-state index contributed by atoms with van der Waals surface area (Å²) in [4.78, 5) is 14.9. The Morgan fingerprint density at radius 3 is 2.81 bits per heavy atom. The number of aliphatic hydroxyl groups is 1. The second-order valence-electron chi connectivity index (χ2n) is 4.10. The van der Waals surface area contributed by atoms with Crippen LogP contribution >= 0.6 is 0 Å². The molecule has 86 valence electrons. The Morgan fingerprint density at radius 2 is 2.31 bits per heavy atom. The van der Waals surface area contributed by atoms with Crippen molar-refractivity contribution in [2.45, 2.75) is 31.4 Å². The fourth-order valence-electron chi connectivity index (χ4n) is 1.92. The van der Waals surface area contributed by atoms with Crippen molar-refractivity contribution in [1.29, 1.82) is 0 Å². The van der Waals surface area contributed by atoms with E-state index in [2.05, 4.69) is 10.3 Å². The van der Waals surface area contributed by atoms with Crippen molar-refractivity contribution in [3.05, 3.63) is 23.9 Å². The van der Waals surface area contributed by atoms with Crippen molar-refractivity contribution >= 4 is 11.7 Å². The van der Waals surface area contributed by atoms with Crippen LogP contribution in [-0.4, -0.2) is 28.1 Å². The molecule has 1 saturated carbocycles. The van der Waals surface area contributed by atoms with Gasteiger partial charge in [0.25, 0.3) is 0 Å². The Labute approximate surface area is 93.7 Å². The van der Waals surface area contributed by atoms with E-state index >= 15 is 0 Å². The fraction of sp³-hybridized carbons (Fsp3) is 0.455. The van der Waals surface area contributed by atoms with Crippen molar-refractivity contribution < 1.29 is 9.90 Å². The van der Waals surface area contributed by atoms with E-state index in [4.69, 9.17) is 5.73 Å². The maximum absolute atomic E-state index is 10.8. The average molecular weight is 221 g/mol. The molecule has 0 aromatic carbocycles. The highest BCUT2D eigenvalue weighted by molar-refractivity contribution is 5.92. The molecule has 1 amide bonds. The van der Waals surface area contributed by atoms with Crippen molar-refractivity contribution in [2.75, 3.05) is 5.32 Å². The molecule has 0 aliphatic heterocycles. The number of amides is 1. The van der Waals surface area contributed by atoms with Gasteiger partial charge in [-0.2, -0.15) is 0 Å². The zero-order chi connectivity index (χ0) is 11.5. The summed E-state index contributed by atoms with van der Waals surface area (Å²) in [6.07, 6.45) is 3.77. The lowest BCUT2D eigenvalue weighted by Crippen LogP contribution is -2.18. The van der Waals surface area contributed by atoms with Crippen molar-refractivity contribution in [2.24, 2.45) is 5.73 Å². The summed E-state index contributed by atoms with van der Waals surface area (Å²) in [5.74, 6) is 0.236. The van der Waals surface area contributed by atoms with Crippen LogP contribution in [0, 0.1) is 0 Å². The molecule has 4 N–H and O–H groups in total. The van der Waals surface area contributed by atoms with Gasteiger partial charge < -0.3 is 16.2 Å². The van der Waals surface area contributed by atoms with Gasteiger partial charge in [0.15, 0.2) is 0 Å². The van der Waals surface area contributed by atoms with Gasteiger partial charge in [-0.25, -0.2) is 4.98 Å². The molecule has 2 rings (SSSR count). The average Bonchev–Trinajstić information content (AvgIpc) is 2.65. The van der Waals surface area contributed by atoms with Gasteiger partial charge in [-0.1, -0.05) is 0 Å². The highest BCUT2D eigenvalue weighted by Gasteiger charge is 2.22. The summed E-state index contributed by atoms with van der Waals surface area (Å²) >= 11 is 0. The quantitative estimate of drug-likeness (QED) is 0.693. The lowest BCUT2D eigenvalue weighted by Gasteiger charge is -2.12. The van der Waals surface area contributed by atoms with E-state index in [1.807, 2.05) is 0 Å². The van der Waals surface area contributed by atoms with Gasteiger partial charge in [0.05, 0.1) is 11.7 Å². The summed E-state index contributed by atoms with van der Waals surface area (Å²) in [5, 5.41) is 12.6. The number of hydrogen-bond acceptors (Lipinski definition) is 4. The Balaban J connectivity index is 1.97. The smallest absolute Gasteiger partial charge is 0.250 e. The number of anilines is 1. The third-order valence-electron chi connectivity index (χ3n) is 2.80. The van der Waals surface area contributed by atoms with Crippen LogP contribution in [0.2, 0.25) is 0 Å². The second-order valence-corrected chi connectivity index (χ2v) is 4.10. The molecule has 1 aliphatic carbocycles. The molecule has 5 nitrogen and oxygen atoms in total. The van der Waals surface area contributed by atoms with Crippen LogP contribution in [-0.2, 0) is 0 Å². The molecule has 0 unspecified atom stereocenters. The summed E-state index contributed by atoms with van der Waals surface area (Å²) in [5.41, 5.74) is 5.51. The van der Waals surface area contributed by atoms with Gasteiger partial charge in [0.1, 0.15) is 5.82 Å². The molecule has 1 fully saturated rings. The first-order valence-corrected chi connectivity index (χ1v) is 5.35. The number of nitrogens with zero attached hydrogens (tertiary/aromatic N) is 1. The summed E-state index contributed by atoms with van der Waals surface area (Å²) in [6.45, 7) is 0. The molecule has 2 atom stereocenters. The van der Waals surface area contributed by atoms with Crippen molar-refractivity contribution in [3.8, 4) is 0 Å². The largest absolute Gasteiger partial charge is 0.393 e. The lowest BCUT2D eigenvalue weighted by atomic mass is 10.2. The first kappa shape index (κ1) is 10.9. The van der Waals surface area contributed by atoms with E-state index in [0.29, 0.717) is 11.4 Å². The van der Waals surface area contributed by atoms with Crippen LogP contribution in [0.15, 0.2) is 18.3 Å². The first-order chi connectivity index (χ1) is 7.65. The van der Waals surface area contributed by atoms with Gasteiger partial charge >= 0.3 is 0 Å². The van der Waals surface area contributed by atoms with Gasteiger partial charge in [-0.05, 0) is 31.4 Å². The number of hydrogen-bond donors (Lipinski definition) is 3. The maximum atomic E-state index is 10.8. The van der Waals surface area contributed by atoms with Crippen LogP contribution in [0.1, 0.15) is 29.6 Å². The normalized spacial score (nSPS) is 24.3. The molecule has 1 aliphatic rings. The highest BCUT2D eigenvalue weighted by Crippen LogP contribution is 2.21. The zero-order valence-electron chi connectivity index (χ0n) is 8.89. The second kappa shape index (κ2) is 4.49. The van der Waals surface area contributed by atoms with Gasteiger partial charge in [0.2, 0.25) is 5.91 Å². The fourth-order valence-corrected chi connectivity index (χ4v) is 1.92. The molecule has 16 heavy (non-hydrogen) atoms. The number of nitrogens with two attached hydrogens (primary N) is 1. The van der Waals surface area contributed by atoms with Crippen LogP contribution in [0.4, 0.5) is 5.82 Å². The Kier molecular flexibility index (Phi) is 3.05. The highest BCUT2D eigenvalue weighted by atomic mass is 16.3. The molecule has 0 saturated heterocycles. The standard InChI is InChI=1S/C11H15N3O2/c12-11(16)7-1-4-10(13-6-7)14-8-2-3-9(15)5-8/h1,4,6,8-9,15H,2-3,5H2,(H2,12,16)(H,13,14)/t8-,9-/m1/s1. The molecule has 1 aromatic heterocycles. The van der Waals surface area contributed by atoms with Gasteiger partial charge in [-0.3, -0.25) is 4.79 Å². The van der Waals surface area contributed by atoms with E-state index in [1.54, 1.807) is 12.1 Å². The third-order valence-corrected chi connectivity index (χ3v) is 2.80. The zero-order valence-corrected chi connectivity index (χ0v) is 8.89. The summed E-state index contributed by atoms with van der Waals surface area (Å²) in [7, 11) is 0. The molecule has 1 aromatic rings. The number of rotatable bonds is 3. The molecule has 0 bridgehead atoms. The molecular formula is C11H15N3O2. The number of aromatic nitrogens is 1. The topological polar surface area (TPSA) is 88.2 Å². The van der Waals surface area contributed by atoms with Crippen molar-refractivity contribution in [3.63, 3.8) is 0 Å². The molecule has 0 radical (unpaired) electrons. The van der Waals surface area contributed by atoms with E-state index in [1.165, 1.54) is 6.20 Å². The summed E-state index contributed by atoms with van der Waals surface area (Å²) in [6, 6.07) is 3.63. The van der Waals surface area contributed by atoms with Crippen LogP contribution in [0.5, 0.6) is 0 Å². The molecule has 1 heterocycles. The monoisotopic (exact) mass is 221 g/mol. The summed E-state index contributed by atoms with van der Waals surface area (Å²) < 4.78 is 0. The predicted molar refractivity (Wildman–Crippen MR) is 60.0 cm³/mol. The minimum absolute atomic E-state index is 0.206. The van der Waals surface area contributed by atoms with E-state index in [9.17, 15) is 9.90 Å². The minimum Gasteiger partial charge on any atom is -0.393 e. The Bertz CT molecular complexity index is 377. The number of carbonyl (C=O) groups is 1. The van der Waals surface area contributed by atoms with E-state index in [0.717, 1.165) is 19.3 Å². The van der Waals surface area contributed by atoms with E-state index < -0.39 is 5.91 Å². The minimum atomic E-state index is -0.477. The first-order valence-electron chi connectivity index (χ1n) is 5.35. The number of aliphatic hydroxyl groups excluding tert-OH is 1. The number of pyridine rings is 1. The maximum Gasteiger partial charge on any atom is 0.250 e. The van der Waals surface area contributed by atoms with Gasteiger partial charge in [0, 0.05) is 12.2 Å². The number of carbonyl (C=O) groups excluding carboxylic acids is 1. The van der Waals surface area contributed by atoms with Crippen molar-refractivity contribution in [1.82, 2.24) is 4.98 Å². The molecular weight excluding hydrogens is 206 g/mol.